The highest BCUT2D eigenvalue weighted by molar-refractivity contribution is 5.70. The Labute approximate surface area is 131 Å². The number of benzene rings is 1. The minimum absolute atomic E-state index is 0.159. The van der Waals surface area contributed by atoms with E-state index in [0.717, 1.165) is 31.5 Å². The number of methoxy groups -OCH3 is 1. The molecule has 5 heteroatoms. The fourth-order valence-electron chi connectivity index (χ4n) is 2.70. The Hall–Kier alpha value is -1.75. The first-order valence-electron chi connectivity index (χ1n) is 7.75. The molecule has 0 saturated carbocycles. The zero-order chi connectivity index (χ0) is 16.1. The number of rotatable bonds is 6. The fraction of sp³-hybridized carbons (Fsp3) is 0.588. The number of piperidine rings is 1. The molecule has 122 valence electrons. The van der Waals surface area contributed by atoms with Gasteiger partial charge in [-0.1, -0.05) is 19.1 Å². The average Bonchev–Trinajstić information content (AvgIpc) is 2.50. The van der Waals surface area contributed by atoms with Crippen LogP contribution in [0.5, 0.6) is 11.5 Å². The molecular weight excluding hydrogens is 282 g/mol. The summed E-state index contributed by atoms with van der Waals surface area (Å²) in [5.74, 6) is 0.127. The van der Waals surface area contributed by atoms with Crippen molar-refractivity contribution in [2.45, 2.75) is 32.3 Å². The number of aliphatic carboxylic acids is 1. The van der Waals surface area contributed by atoms with E-state index in [4.69, 9.17) is 14.6 Å². The van der Waals surface area contributed by atoms with E-state index in [-0.39, 0.29) is 6.10 Å². The van der Waals surface area contributed by atoms with Crippen LogP contribution in [0.2, 0.25) is 0 Å². The highest BCUT2D eigenvalue weighted by atomic mass is 16.5. The lowest BCUT2D eigenvalue weighted by Crippen LogP contribution is -2.35. The molecule has 0 aliphatic carbocycles. The van der Waals surface area contributed by atoms with Gasteiger partial charge in [0.15, 0.2) is 11.5 Å². The molecule has 0 radical (unpaired) electrons. The van der Waals surface area contributed by atoms with E-state index in [1.165, 1.54) is 0 Å². The zero-order valence-corrected chi connectivity index (χ0v) is 13.5. The number of carbonyl (C=O) groups is 1. The van der Waals surface area contributed by atoms with E-state index >= 15 is 0 Å². The summed E-state index contributed by atoms with van der Waals surface area (Å²) in [6.07, 6.45) is 2.55. The van der Waals surface area contributed by atoms with E-state index in [1.807, 2.05) is 18.2 Å². The number of hydrogen-bond donors (Lipinski definition) is 1. The lowest BCUT2D eigenvalue weighted by Gasteiger charge is -2.30. The number of carboxylic acids is 1. The van der Waals surface area contributed by atoms with Crippen molar-refractivity contribution in [1.82, 2.24) is 4.90 Å². The molecule has 0 spiro atoms. The number of hydrogen-bond acceptors (Lipinski definition) is 4. The highest BCUT2D eigenvalue weighted by Gasteiger charge is 2.23. The van der Waals surface area contributed by atoms with Gasteiger partial charge in [0.05, 0.1) is 13.0 Å². The predicted octanol–water partition coefficient (Wildman–Crippen LogP) is 2.43. The molecule has 1 aromatic carbocycles. The Morgan fingerprint density at radius 3 is 2.68 bits per heavy atom. The topological polar surface area (TPSA) is 59.0 Å². The molecule has 1 heterocycles. The third-order valence-corrected chi connectivity index (χ3v) is 4.18. The Balaban J connectivity index is 2.17. The standard InChI is InChI=1S/C17H25NO4/c1-12(17(19)20)11-13-5-4-6-15(21-3)16(13)22-14-7-9-18(2)10-8-14/h4-6,12,14H,7-11H2,1-3H3,(H,19,20). The maximum atomic E-state index is 11.1. The molecule has 0 aromatic heterocycles. The molecule has 0 bridgehead atoms. The van der Waals surface area contributed by atoms with Crippen molar-refractivity contribution in [2.24, 2.45) is 5.92 Å². The molecule has 1 aliphatic rings. The van der Waals surface area contributed by atoms with Crippen molar-refractivity contribution in [1.29, 1.82) is 0 Å². The second-order valence-corrected chi connectivity index (χ2v) is 6.01. The lowest BCUT2D eigenvalue weighted by molar-refractivity contribution is -0.141. The van der Waals surface area contributed by atoms with Crippen LogP contribution in [0.25, 0.3) is 0 Å². The second-order valence-electron chi connectivity index (χ2n) is 6.01. The van der Waals surface area contributed by atoms with Crippen molar-refractivity contribution in [3.63, 3.8) is 0 Å². The molecule has 1 fully saturated rings. The van der Waals surface area contributed by atoms with E-state index in [2.05, 4.69) is 11.9 Å². The van der Waals surface area contributed by atoms with Crippen LogP contribution in [-0.4, -0.2) is 49.3 Å². The third kappa shape index (κ3) is 4.13. The van der Waals surface area contributed by atoms with Gasteiger partial charge in [-0.2, -0.15) is 0 Å². The van der Waals surface area contributed by atoms with Crippen LogP contribution in [0.15, 0.2) is 18.2 Å². The number of para-hydroxylation sites is 1. The monoisotopic (exact) mass is 307 g/mol. The van der Waals surface area contributed by atoms with Crippen LogP contribution >= 0.6 is 0 Å². The molecule has 1 aliphatic heterocycles. The lowest BCUT2D eigenvalue weighted by atomic mass is 10.00. The number of ether oxygens (including phenoxy) is 2. The summed E-state index contributed by atoms with van der Waals surface area (Å²) in [5.41, 5.74) is 0.896. The van der Waals surface area contributed by atoms with Crippen LogP contribution in [0, 0.1) is 5.92 Å². The summed E-state index contributed by atoms with van der Waals surface area (Å²) in [7, 11) is 3.72. The van der Waals surface area contributed by atoms with Gasteiger partial charge < -0.3 is 19.5 Å². The van der Waals surface area contributed by atoms with E-state index in [9.17, 15) is 4.79 Å². The number of carboxylic acid groups (broad SMARTS) is 1. The molecule has 0 amide bonds. The van der Waals surface area contributed by atoms with Gasteiger partial charge in [-0.3, -0.25) is 4.79 Å². The van der Waals surface area contributed by atoms with Crippen LogP contribution in [0.1, 0.15) is 25.3 Å². The van der Waals surface area contributed by atoms with Crippen LogP contribution in [0.3, 0.4) is 0 Å². The van der Waals surface area contributed by atoms with Crippen molar-refractivity contribution < 1.29 is 19.4 Å². The minimum Gasteiger partial charge on any atom is -0.493 e. The molecule has 22 heavy (non-hydrogen) atoms. The van der Waals surface area contributed by atoms with Crippen molar-refractivity contribution in [3.8, 4) is 11.5 Å². The van der Waals surface area contributed by atoms with Crippen molar-refractivity contribution >= 4 is 5.97 Å². The summed E-state index contributed by atoms with van der Waals surface area (Å²) in [6.45, 7) is 3.74. The Bertz CT molecular complexity index is 509. The molecule has 1 atom stereocenters. The molecule has 1 N–H and O–H groups in total. The van der Waals surface area contributed by atoms with Crippen molar-refractivity contribution in [2.75, 3.05) is 27.2 Å². The normalized spacial score (nSPS) is 18.0. The highest BCUT2D eigenvalue weighted by Crippen LogP contribution is 2.34. The first-order valence-corrected chi connectivity index (χ1v) is 7.75. The number of likely N-dealkylation sites (tertiary alicyclic amines) is 1. The van der Waals surface area contributed by atoms with Crippen LogP contribution in [-0.2, 0) is 11.2 Å². The maximum Gasteiger partial charge on any atom is 0.306 e. The molecule has 5 nitrogen and oxygen atoms in total. The molecule has 1 unspecified atom stereocenters. The van der Waals surface area contributed by atoms with E-state index in [0.29, 0.717) is 17.9 Å². The van der Waals surface area contributed by atoms with Gasteiger partial charge in [0.25, 0.3) is 0 Å². The second kappa shape index (κ2) is 7.49. The largest absolute Gasteiger partial charge is 0.493 e. The van der Waals surface area contributed by atoms with E-state index < -0.39 is 11.9 Å². The maximum absolute atomic E-state index is 11.1. The van der Waals surface area contributed by atoms with Crippen LogP contribution < -0.4 is 9.47 Å². The minimum atomic E-state index is -0.798. The third-order valence-electron chi connectivity index (χ3n) is 4.18. The van der Waals surface area contributed by atoms with Gasteiger partial charge in [-0.25, -0.2) is 0 Å². The predicted molar refractivity (Wildman–Crippen MR) is 84.6 cm³/mol. The smallest absolute Gasteiger partial charge is 0.306 e. The van der Waals surface area contributed by atoms with Crippen molar-refractivity contribution in [3.05, 3.63) is 23.8 Å². The van der Waals surface area contributed by atoms with Crippen LogP contribution in [0.4, 0.5) is 0 Å². The van der Waals surface area contributed by atoms with Gasteiger partial charge >= 0.3 is 5.97 Å². The SMILES string of the molecule is COc1cccc(CC(C)C(=O)O)c1OC1CCN(C)CC1. The molecule has 2 rings (SSSR count). The van der Waals surface area contributed by atoms with Gasteiger partial charge in [0.1, 0.15) is 6.10 Å². The zero-order valence-electron chi connectivity index (χ0n) is 13.5. The van der Waals surface area contributed by atoms with Gasteiger partial charge in [-0.05, 0) is 37.9 Å². The Morgan fingerprint density at radius 2 is 2.09 bits per heavy atom. The van der Waals surface area contributed by atoms with Gasteiger partial charge in [0, 0.05) is 13.1 Å². The first kappa shape index (κ1) is 16.6. The Kier molecular flexibility index (Phi) is 5.66. The van der Waals surface area contributed by atoms with E-state index in [1.54, 1.807) is 14.0 Å². The summed E-state index contributed by atoms with van der Waals surface area (Å²) in [5, 5.41) is 9.13. The summed E-state index contributed by atoms with van der Waals surface area (Å²) < 4.78 is 11.6. The fourth-order valence-corrected chi connectivity index (χ4v) is 2.70. The first-order chi connectivity index (χ1) is 10.5. The summed E-state index contributed by atoms with van der Waals surface area (Å²) in [4.78, 5) is 13.4. The Morgan fingerprint density at radius 1 is 1.41 bits per heavy atom. The summed E-state index contributed by atoms with van der Waals surface area (Å²) >= 11 is 0. The summed E-state index contributed by atoms with van der Waals surface area (Å²) in [6, 6.07) is 5.66. The van der Waals surface area contributed by atoms with Gasteiger partial charge in [-0.15, -0.1) is 0 Å². The average molecular weight is 307 g/mol. The van der Waals surface area contributed by atoms with Gasteiger partial charge in [0.2, 0.25) is 0 Å². The molecule has 1 aromatic rings. The number of nitrogens with zero attached hydrogens (tertiary/aromatic N) is 1. The quantitative estimate of drug-likeness (QED) is 0.874. The molecule has 1 saturated heterocycles. The molecular formula is C17H25NO4.